The van der Waals surface area contributed by atoms with E-state index in [1.165, 1.54) is 13.4 Å². The number of fused-ring (bicyclic) bond motifs is 1. The number of hydrogen-bond donors (Lipinski definition) is 0. The molecule has 1 aromatic heterocycles. The highest BCUT2D eigenvalue weighted by molar-refractivity contribution is 5.91. The molecule has 4 nitrogen and oxygen atoms in total. The zero-order valence-corrected chi connectivity index (χ0v) is 9.10. The monoisotopic (exact) mass is 224 g/mol. The van der Waals surface area contributed by atoms with Crippen molar-refractivity contribution in [3.63, 3.8) is 0 Å². The quantitative estimate of drug-likeness (QED) is 0.581. The molecule has 0 atom stereocenters. The Labute approximate surface area is 97.9 Å². The molecule has 0 saturated carbocycles. The van der Waals surface area contributed by atoms with Crippen LogP contribution in [-0.4, -0.2) is 7.11 Å². The number of allylic oxidation sites excluding steroid dienone is 1. The van der Waals surface area contributed by atoms with Gasteiger partial charge in [-0.25, -0.2) is 0 Å². The molecule has 2 rings (SSSR count). The van der Waals surface area contributed by atoms with Crippen LogP contribution in [0.3, 0.4) is 0 Å². The van der Waals surface area contributed by atoms with Gasteiger partial charge in [-0.3, -0.25) is 0 Å². The third-order valence-corrected chi connectivity index (χ3v) is 2.38. The minimum absolute atomic E-state index is 0.0703. The molecule has 0 fully saturated rings. The Morgan fingerprint density at radius 2 is 1.94 bits per heavy atom. The first-order valence-electron chi connectivity index (χ1n) is 4.87. The van der Waals surface area contributed by atoms with E-state index in [1.807, 2.05) is 36.4 Å². The third kappa shape index (κ3) is 1.73. The van der Waals surface area contributed by atoms with Crippen molar-refractivity contribution in [2.75, 3.05) is 7.11 Å². The van der Waals surface area contributed by atoms with Crippen LogP contribution >= 0.6 is 0 Å². The van der Waals surface area contributed by atoms with Crippen LogP contribution in [0, 0.1) is 22.7 Å². The van der Waals surface area contributed by atoms with Gasteiger partial charge in [0.2, 0.25) is 0 Å². The average Bonchev–Trinajstić information content (AvgIpc) is 2.79. The highest BCUT2D eigenvalue weighted by atomic mass is 16.5. The van der Waals surface area contributed by atoms with Gasteiger partial charge in [-0.05, 0) is 6.07 Å². The van der Waals surface area contributed by atoms with Gasteiger partial charge in [0.25, 0.3) is 0 Å². The van der Waals surface area contributed by atoms with Gasteiger partial charge in [-0.1, -0.05) is 18.2 Å². The van der Waals surface area contributed by atoms with Crippen LogP contribution in [0.15, 0.2) is 40.5 Å². The molecule has 1 aromatic carbocycles. The Balaban J connectivity index is 2.73. The lowest BCUT2D eigenvalue weighted by Gasteiger charge is -2.03. The number of nitrogens with zero attached hydrogens (tertiary/aromatic N) is 2. The molecule has 1 heterocycles. The second-order valence-electron chi connectivity index (χ2n) is 3.28. The van der Waals surface area contributed by atoms with Gasteiger partial charge in [0.15, 0.2) is 11.3 Å². The lowest BCUT2D eigenvalue weighted by atomic mass is 10.1. The fourth-order valence-corrected chi connectivity index (χ4v) is 1.63. The first-order valence-corrected chi connectivity index (χ1v) is 4.87. The average molecular weight is 224 g/mol. The molecule has 0 saturated heterocycles. The van der Waals surface area contributed by atoms with Gasteiger partial charge in [0, 0.05) is 5.39 Å². The van der Waals surface area contributed by atoms with E-state index in [4.69, 9.17) is 19.7 Å². The van der Waals surface area contributed by atoms with Crippen molar-refractivity contribution in [3.05, 3.63) is 41.7 Å². The van der Waals surface area contributed by atoms with Gasteiger partial charge in [0.05, 0.1) is 12.7 Å². The zero-order valence-electron chi connectivity index (χ0n) is 9.10. The summed E-state index contributed by atoms with van der Waals surface area (Å²) < 4.78 is 10.5. The predicted molar refractivity (Wildman–Crippen MR) is 61.4 cm³/mol. The van der Waals surface area contributed by atoms with E-state index in [0.29, 0.717) is 11.1 Å². The van der Waals surface area contributed by atoms with Crippen LogP contribution in [0.25, 0.3) is 16.7 Å². The second-order valence-corrected chi connectivity index (χ2v) is 3.28. The fourth-order valence-electron chi connectivity index (χ4n) is 1.63. The van der Waals surface area contributed by atoms with Crippen molar-refractivity contribution in [3.8, 4) is 12.1 Å². The maximum absolute atomic E-state index is 8.86. The molecule has 0 aliphatic rings. The molecule has 0 radical (unpaired) electrons. The number of furan rings is 1. The van der Waals surface area contributed by atoms with Crippen LogP contribution in [0.5, 0.6) is 0 Å². The van der Waals surface area contributed by atoms with E-state index in [-0.39, 0.29) is 11.3 Å². The Morgan fingerprint density at radius 3 is 2.59 bits per heavy atom. The minimum Gasteiger partial charge on any atom is -0.494 e. The molecule has 82 valence electrons. The van der Waals surface area contributed by atoms with Crippen LogP contribution in [0.1, 0.15) is 5.56 Å². The molecule has 4 heteroatoms. The fraction of sp³-hybridized carbons (Fsp3) is 0.0769. The SMILES string of the molecule is COC(=C(C#N)C#N)c1coc2ccccc12. The van der Waals surface area contributed by atoms with E-state index in [9.17, 15) is 0 Å². The number of rotatable bonds is 2. The van der Waals surface area contributed by atoms with Crippen LogP contribution in [0.4, 0.5) is 0 Å². The van der Waals surface area contributed by atoms with Gasteiger partial charge in [0.1, 0.15) is 24.0 Å². The molecule has 0 N–H and O–H groups in total. The summed E-state index contributed by atoms with van der Waals surface area (Å²) in [7, 11) is 1.42. The van der Waals surface area contributed by atoms with E-state index < -0.39 is 0 Å². The van der Waals surface area contributed by atoms with E-state index in [1.54, 1.807) is 0 Å². The molecule has 2 aromatic rings. The smallest absolute Gasteiger partial charge is 0.172 e. The minimum atomic E-state index is -0.0703. The highest BCUT2D eigenvalue weighted by Crippen LogP contribution is 2.29. The molecular formula is C13H8N2O2. The molecule has 17 heavy (non-hydrogen) atoms. The topological polar surface area (TPSA) is 69.9 Å². The molecular weight excluding hydrogens is 216 g/mol. The van der Waals surface area contributed by atoms with Gasteiger partial charge < -0.3 is 9.15 Å². The Kier molecular flexibility index (Phi) is 2.81. The van der Waals surface area contributed by atoms with Gasteiger partial charge in [-0.15, -0.1) is 0 Å². The summed E-state index contributed by atoms with van der Waals surface area (Å²) >= 11 is 0. The van der Waals surface area contributed by atoms with Crippen molar-refractivity contribution in [1.29, 1.82) is 10.5 Å². The number of nitriles is 2. The largest absolute Gasteiger partial charge is 0.494 e. The molecule has 0 aliphatic heterocycles. The Bertz CT molecular complexity index is 653. The summed E-state index contributed by atoms with van der Waals surface area (Å²) in [4.78, 5) is 0. The summed E-state index contributed by atoms with van der Waals surface area (Å²) in [6.07, 6.45) is 1.48. The molecule has 0 amide bonds. The highest BCUT2D eigenvalue weighted by Gasteiger charge is 2.15. The summed E-state index contributed by atoms with van der Waals surface area (Å²) in [6, 6.07) is 11.0. The lowest BCUT2D eigenvalue weighted by molar-refractivity contribution is 0.368. The molecule has 0 unspecified atom stereocenters. The van der Waals surface area contributed by atoms with Gasteiger partial charge >= 0.3 is 0 Å². The van der Waals surface area contributed by atoms with Crippen LogP contribution < -0.4 is 0 Å². The second kappa shape index (κ2) is 4.42. The third-order valence-electron chi connectivity index (χ3n) is 2.38. The Morgan fingerprint density at radius 1 is 1.24 bits per heavy atom. The van der Waals surface area contributed by atoms with Crippen molar-refractivity contribution >= 4 is 16.7 Å². The maximum atomic E-state index is 8.86. The standard InChI is InChI=1S/C13H8N2O2/c1-16-13(9(6-14)7-15)11-8-17-12-5-3-2-4-10(11)12/h2-5,8H,1H3. The van der Waals surface area contributed by atoms with Crippen molar-refractivity contribution in [2.24, 2.45) is 0 Å². The van der Waals surface area contributed by atoms with Crippen LogP contribution in [-0.2, 0) is 4.74 Å². The first-order chi connectivity index (χ1) is 8.31. The number of hydrogen-bond acceptors (Lipinski definition) is 4. The number of methoxy groups -OCH3 is 1. The number of para-hydroxylation sites is 1. The van der Waals surface area contributed by atoms with E-state index in [2.05, 4.69) is 0 Å². The summed E-state index contributed by atoms with van der Waals surface area (Å²) in [5.41, 5.74) is 1.23. The number of ether oxygens (including phenoxy) is 1. The molecule has 0 spiro atoms. The van der Waals surface area contributed by atoms with Crippen molar-refractivity contribution in [2.45, 2.75) is 0 Å². The molecule has 0 aliphatic carbocycles. The van der Waals surface area contributed by atoms with Crippen molar-refractivity contribution in [1.82, 2.24) is 0 Å². The van der Waals surface area contributed by atoms with E-state index >= 15 is 0 Å². The van der Waals surface area contributed by atoms with Gasteiger partial charge in [-0.2, -0.15) is 10.5 Å². The first kappa shape index (κ1) is 10.8. The van der Waals surface area contributed by atoms with E-state index in [0.717, 1.165) is 5.39 Å². The molecule has 0 bridgehead atoms. The maximum Gasteiger partial charge on any atom is 0.172 e. The zero-order chi connectivity index (χ0) is 12.3. The summed E-state index contributed by atoms with van der Waals surface area (Å²) in [5, 5.41) is 18.5. The summed E-state index contributed by atoms with van der Waals surface area (Å²) in [5.74, 6) is 0.236. The van der Waals surface area contributed by atoms with Crippen LogP contribution in [0.2, 0.25) is 0 Å². The predicted octanol–water partition coefficient (Wildman–Crippen LogP) is 2.84. The number of benzene rings is 1. The lowest BCUT2D eigenvalue weighted by Crippen LogP contribution is -1.90. The van der Waals surface area contributed by atoms with Crippen molar-refractivity contribution < 1.29 is 9.15 Å². The normalized spacial score (nSPS) is 9.35. The Hall–Kier alpha value is -2.72. The summed E-state index contributed by atoms with van der Waals surface area (Å²) in [6.45, 7) is 0.